The second-order valence-corrected chi connectivity index (χ2v) is 10.6. The number of hydrogen-bond acceptors (Lipinski definition) is 4. The summed E-state index contributed by atoms with van der Waals surface area (Å²) in [6.07, 6.45) is 0.795. The highest BCUT2D eigenvalue weighted by atomic mass is 32.2. The van der Waals surface area contributed by atoms with Crippen molar-refractivity contribution in [2.45, 2.75) is 49.6 Å². The molecule has 2 aliphatic rings. The fourth-order valence-electron chi connectivity index (χ4n) is 4.56. The summed E-state index contributed by atoms with van der Waals surface area (Å²) < 4.78 is 68.3. The number of amides is 1. The van der Waals surface area contributed by atoms with Crippen molar-refractivity contribution in [1.29, 1.82) is 0 Å². The summed E-state index contributed by atoms with van der Waals surface area (Å²) in [6.45, 7) is 2.30. The molecule has 34 heavy (non-hydrogen) atoms. The van der Waals surface area contributed by atoms with Gasteiger partial charge in [0.2, 0.25) is 10.0 Å². The lowest BCUT2D eigenvalue weighted by molar-refractivity contribution is -0.137. The molecule has 1 amide bonds. The fraction of sp³-hybridized carbons (Fsp3) is 0.458. The van der Waals surface area contributed by atoms with Crippen LogP contribution >= 0.6 is 0 Å². The Morgan fingerprint density at radius 1 is 0.853 bits per heavy atom. The number of hydrogen-bond donors (Lipinski definition) is 1. The molecular weight excluding hydrogens is 467 g/mol. The molecule has 0 bridgehead atoms. The largest absolute Gasteiger partial charge is 0.417 e. The Labute approximate surface area is 197 Å². The Morgan fingerprint density at radius 2 is 1.47 bits per heavy atom. The minimum Gasteiger partial charge on any atom is -0.370 e. The summed E-state index contributed by atoms with van der Waals surface area (Å²) >= 11 is 0. The predicted octanol–water partition coefficient (Wildman–Crippen LogP) is 5.12. The van der Waals surface area contributed by atoms with Gasteiger partial charge in [-0.2, -0.15) is 17.5 Å². The van der Waals surface area contributed by atoms with E-state index in [2.05, 4.69) is 5.32 Å². The van der Waals surface area contributed by atoms with Crippen molar-refractivity contribution in [1.82, 2.24) is 4.31 Å². The van der Waals surface area contributed by atoms with Gasteiger partial charge in [-0.25, -0.2) is 8.42 Å². The molecule has 2 heterocycles. The zero-order valence-corrected chi connectivity index (χ0v) is 19.6. The molecule has 10 heteroatoms. The molecule has 2 aliphatic heterocycles. The Balaban J connectivity index is 1.72. The Hall–Kier alpha value is -2.59. The van der Waals surface area contributed by atoms with E-state index in [1.165, 1.54) is 28.6 Å². The summed E-state index contributed by atoms with van der Waals surface area (Å²) in [5, 5.41) is 2.59. The monoisotopic (exact) mass is 495 g/mol. The van der Waals surface area contributed by atoms with Crippen LogP contribution in [0.1, 0.15) is 54.4 Å². The molecule has 2 aromatic rings. The van der Waals surface area contributed by atoms with Gasteiger partial charge in [0, 0.05) is 26.2 Å². The summed E-state index contributed by atoms with van der Waals surface area (Å²) in [5.41, 5.74) is -0.745. The molecule has 6 nitrogen and oxygen atoms in total. The molecule has 4 rings (SSSR count). The van der Waals surface area contributed by atoms with Crippen LogP contribution < -0.4 is 10.2 Å². The van der Waals surface area contributed by atoms with E-state index in [1.807, 2.05) is 4.90 Å². The maximum Gasteiger partial charge on any atom is 0.417 e. The van der Waals surface area contributed by atoms with Gasteiger partial charge in [0.25, 0.3) is 5.91 Å². The molecule has 0 spiro atoms. The molecule has 0 unspecified atom stereocenters. The molecule has 0 radical (unpaired) electrons. The second-order valence-electron chi connectivity index (χ2n) is 8.69. The van der Waals surface area contributed by atoms with Crippen LogP contribution in [0.25, 0.3) is 0 Å². The normalized spacial score (nSPS) is 18.0. The molecule has 1 N–H and O–H groups in total. The summed E-state index contributed by atoms with van der Waals surface area (Å²) in [4.78, 5) is 15.0. The molecule has 0 aromatic heterocycles. The van der Waals surface area contributed by atoms with Gasteiger partial charge < -0.3 is 10.2 Å². The molecular formula is C24H28F3N3O3S. The van der Waals surface area contributed by atoms with Crippen LogP contribution in [-0.2, 0) is 16.2 Å². The highest BCUT2D eigenvalue weighted by molar-refractivity contribution is 7.89. The lowest BCUT2D eigenvalue weighted by Gasteiger charge is -2.31. The topological polar surface area (TPSA) is 69.7 Å². The first-order chi connectivity index (χ1) is 16.2. The number of nitrogens with one attached hydrogen (secondary N) is 1. The second kappa shape index (κ2) is 9.95. The van der Waals surface area contributed by atoms with Crippen molar-refractivity contribution in [3.8, 4) is 0 Å². The van der Waals surface area contributed by atoms with E-state index >= 15 is 0 Å². The van der Waals surface area contributed by atoms with E-state index in [9.17, 15) is 26.4 Å². The van der Waals surface area contributed by atoms with E-state index in [1.54, 1.807) is 6.07 Å². The van der Waals surface area contributed by atoms with Gasteiger partial charge in [0.1, 0.15) is 0 Å². The maximum atomic E-state index is 13.5. The van der Waals surface area contributed by atoms with Crippen LogP contribution in [0.3, 0.4) is 0 Å². The van der Waals surface area contributed by atoms with Gasteiger partial charge in [-0.3, -0.25) is 4.79 Å². The van der Waals surface area contributed by atoms with E-state index in [0.717, 1.165) is 63.7 Å². The van der Waals surface area contributed by atoms with Crippen molar-refractivity contribution >= 4 is 27.3 Å². The zero-order valence-electron chi connectivity index (χ0n) is 18.8. The summed E-state index contributed by atoms with van der Waals surface area (Å²) in [5.74, 6) is -0.932. The number of sulfonamides is 1. The highest BCUT2D eigenvalue weighted by Gasteiger charge is 2.35. The average Bonchev–Trinajstić information content (AvgIpc) is 2.84. The number of halogens is 3. The van der Waals surface area contributed by atoms with Gasteiger partial charge in [0.05, 0.1) is 27.4 Å². The molecule has 184 valence electrons. The number of rotatable bonds is 5. The van der Waals surface area contributed by atoms with Gasteiger partial charge in [-0.05, 0) is 62.4 Å². The van der Waals surface area contributed by atoms with Crippen LogP contribution in [0.5, 0.6) is 0 Å². The van der Waals surface area contributed by atoms with Crippen molar-refractivity contribution in [2.24, 2.45) is 0 Å². The van der Waals surface area contributed by atoms with Crippen LogP contribution in [0.4, 0.5) is 24.5 Å². The Kier molecular flexibility index (Phi) is 7.18. The average molecular weight is 496 g/mol. The van der Waals surface area contributed by atoms with E-state index in [4.69, 9.17) is 0 Å². The quantitative estimate of drug-likeness (QED) is 0.625. The van der Waals surface area contributed by atoms with Gasteiger partial charge >= 0.3 is 6.18 Å². The molecule has 2 fully saturated rings. The molecule has 0 aliphatic carbocycles. The number of nitrogens with zero attached hydrogens (tertiary/aromatic N) is 2. The summed E-state index contributed by atoms with van der Waals surface area (Å²) in [6, 6.07) is 9.12. The van der Waals surface area contributed by atoms with Crippen molar-refractivity contribution in [2.75, 3.05) is 36.4 Å². The smallest absolute Gasteiger partial charge is 0.370 e. The van der Waals surface area contributed by atoms with Crippen molar-refractivity contribution < 1.29 is 26.4 Å². The van der Waals surface area contributed by atoms with Gasteiger partial charge in [-0.15, -0.1) is 0 Å². The molecule has 2 aromatic carbocycles. The standard InChI is InChI=1S/C24H28F3N3O3S/c25-24(26,27)20-10-4-3-9-19(20)23(31)28-21-17-18(34(32,33)30-15-7-2-8-16-30)11-12-22(21)29-13-5-1-6-14-29/h3-4,9-12,17H,1-2,5-8,13-16H2,(H,28,31). The Bertz CT molecular complexity index is 1140. The lowest BCUT2D eigenvalue weighted by atomic mass is 10.1. The van der Waals surface area contributed by atoms with Gasteiger partial charge in [0.15, 0.2) is 0 Å². The first-order valence-electron chi connectivity index (χ1n) is 11.5. The number of carbonyl (C=O) groups is 1. The third-order valence-electron chi connectivity index (χ3n) is 6.34. The predicted molar refractivity (Wildman–Crippen MR) is 125 cm³/mol. The number of carbonyl (C=O) groups excluding carboxylic acids is 1. The third-order valence-corrected chi connectivity index (χ3v) is 8.24. The lowest BCUT2D eigenvalue weighted by Crippen LogP contribution is -2.36. The minimum atomic E-state index is -4.69. The highest BCUT2D eigenvalue weighted by Crippen LogP contribution is 2.35. The maximum absolute atomic E-state index is 13.5. The SMILES string of the molecule is O=C(Nc1cc(S(=O)(=O)N2CCCCC2)ccc1N1CCCCC1)c1ccccc1C(F)(F)F. The van der Waals surface area contributed by atoms with Crippen LogP contribution in [0.2, 0.25) is 0 Å². The van der Waals surface area contributed by atoms with Crippen LogP contribution in [0.15, 0.2) is 47.4 Å². The third kappa shape index (κ3) is 5.22. The van der Waals surface area contributed by atoms with Crippen LogP contribution in [-0.4, -0.2) is 44.8 Å². The first-order valence-corrected chi connectivity index (χ1v) is 13.0. The van der Waals surface area contributed by atoms with Gasteiger partial charge in [-0.1, -0.05) is 18.6 Å². The van der Waals surface area contributed by atoms with Crippen molar-refractivity contribution in [3.05, 3.63) is 53.6 Å². The Morgan fingerprint density at radius 3 is 2.12 bits per heavy atom. The van der Waals surface area contributed by atoms with E-state index in [0.29, 0.717) is 18.8 Å². The van der Waals surface area contributed by atoms with Crippen LogP contribution in [0, 0.1) is 0 Å². The van der Waals surface area contributed by atoms with Crippen molar-refractivity contribution in [3.63, 3.8) is 0 Å². The molecule has 0 saturated carbocycles. The number of anilines is 2. The first kappa shape index (κ1) is 24.5. The fourth-order valence-corrected chi connectivity index (χ4v) is 6.10. The number of alkyl halides is 3. The van der Waals surface area contributed by atoms with E-state index < -0.39 is 33.2 Å². The summed E-state index contributed by atoms with van der Waals surface area (Å²) in [7, 11) is -3.78. The minimum absolute atomic E-state index is 0.0227. The zero-order chi connectivity index (χ0) is 24.3. The number of piperidine rings is 2. The van der Waals surface area contributed by atoms with E-state index in [-0.39, 0.29) is 10.6 Å². The molecule has 2 saturated heterocycles. The molecule has 0 atom stereocenters. The number of benzene rings is 2.